The van der Waals surface area contributed by atoms with Gasteiger partial charge in [-0.1, -0.05) is 13.0 Å². The van der Waals surface area contributed by atoms with Crippen LogP contribution in [0.1, 0.15) is 19.8 Å². The molecule has 1 atom stereocenters. The van der Waals surface area contributed by atoms with Gasteiger partial charge >= 0.3 is 0 Å². The third-order valence-corrected chi connectivity index (χ3v) is 3.66. The van der Waals surface area contributed by atoms with Gasteiger partial charge in [0, 0.05) is 6.54 Å². The monoisotopic (exact) mass is 233 g/mol. The van der Waals surface area contributed by atoms with Crippen LogP contribution in [0.2, 0.25) is 0 Å². The van der Waals surface area contributed by atoms with E-state index in [0.29, 0.717) is 17.4 Å². The van der Waals surface area contributed by atoms with Crippen molar-refractivity contribution < 1.29 is 4.39 Å². The van der Waals surface area contributed by atoms with Crippen LogP contribution in [0.25, 0.3) is 11.0 Å². The molecule has 0 spiro atoms. The van der Waals surface area contributed by atoms with Crippen LogP contribution in [-0.2, 0) is 6.54 Å². The Morgan fingerprint density at radius 1 is 1.53 bits per heavy atom. The normalized spacial score (nSPS) is 17.5. The third-order valence-electron chi connectivity index (χ3n) is 3.66. The zero-order chi connectivity index (χ0) is 12.0. The lowest BCUT2D eigenvalue weighted by Gasteiger charge is -2.12. The van der Waals surface area contributed by atoms with E-state index in [0.717, 1.165) is 18.0 Å². The fourth-order valence-corrected chi connectivity index (χ4v) is 2.42. The summed E-state index contributed by atoms with van der Waals surface area (Å²) in [7, 11) is 0. The first kappa shape index (κ1) is 10.6. The summed E-state index contributed by atoms with van der Waals surface area (Å²) < 4.78 is 15.5. The van der Waals surface area contributed by atoms with Crippen LogP contribution in [0.15, 0.2) is 18.2 Å². The number of rotatable bonds is 3. The molecule has 1 aliphatic rings. The van der Waals surface area contributed by atoms with Crippen molar-refractivity contribution in [3.63, 3.8) is 0 Å². The molecule has 1 fully saturated rings. The Morgan fingerprint density at radius 2 is 2.29 bits per heavy atom. The Bertz CT molecular complexity index is 557. The molecule has 1 unspecified atom stereocenters. The maximum Gasteiger partial charge on any atom is 0.201 e. The number of halogens is 1. The maximum absolute atomic E-state index is 13.6. The lowest BCUT2D eigenvalue weighted by molar-refractivity contribution is 0.439. The molecule has 1 aromatic carbocycles. The van der Waals surface area contributed by atoms with Gasteiger partial charge in [-0.25, -0.2) is 9.37 Å². The summed E-state index contributed by atoms with van der Waals surface area (Å²) >= 11 is 0. The first-order valence-electron chi connectivity index (χ1n) is 6.07. The minimum Gasteiger partial charge on any atom is -0.369 e. The summed E-state index contributed by atoms with van der Waals surface area (Å²) in [4.78, 5) is 4.11. The van der Waals surface area contributed by atoms with Gasteiger partial charge in [-0.15, -0.1) is 0 Å². The highest BCUT2D eigenvalue weighted by atomic mass is 19.1. The number of hydrogen-bond acceptors (Lipinski definition) is 2. The lowest BCUT2D eigenvalue weighted by atomic mass is 10.1. The SMILES string of the molecule is CC(Cn1c(N)nc2c(F)cccc21)C1CC1. The number of hydrogen-bond donors (Lipinski definition) is 1. The first-order chi connectivity index (χ1) is 8.16. The number of nitrogens with zero attached hydrogens (tertiary/aromatic N) is 2. The molecule has 17 heavy (non-hydrogen) atoms. The minimum absolute atomic E-state index is 0.299. The quantitative estimate of drug-likeness (QED) is 0.885. The van der Waals surface area contributed by atoms with Crippen LogP contribution in [-0.4, -0.2) is 9.55 Å². The number of anilines is 1. The fourth-order valence-electron chi connectivity index (χ4n) is 2.42. The number of fused-ring (bicyclic) bond motifs is 1. The zero-order valence-corrected chi connectivity index (χ0v) is 9.86. The summed E-state index contributed by atoms with van der Waals surface area (Å²) in [6.45, 7) is 3.05. The molecule has 3 nitrogen and oxygen atoms in total. The zero-order valence-electron chi connectivity index (χ0n) is 9.86. The highest BCUT2D eigenvalue weighted by Gasteiger charge is 2.28. The summed E-state index contributed by atoms with van der Waals surface area (Å²) in [6.07, 6.45) is 2.62. The number of imidazole rings is 1. The third kappa shape index (κ3) is 1.77. The summed E-state index contributed by atoms with van der Waals surface area (Å²) in [5.41, 5.74) is 7.06. The highest BCUT2D eigenvalue weighted by Crippen LogP contribution is 2.38. The molecule has 1 aliphatic carbocycles. The van der Waals surface area contributed by atoms with E-state index >= 15 is 0 Å². The molecule has 2 N–H and O–H groups in total. The Hall–Kier alpha value is -1.58. The second-order valence-electron chi connectivity index (χ2n) is 5.00. The van der Waals surface area contributed by atoms with Crippen LogP contribution in [0, 0.1) is 17.7 Å². The summed E-state index contributed by atoms with van der Waals surface area (Å²) in [5.74, 6) is 1.50. The van der Waals surface area contributed by atoms with Crippen LogP contribution in [0.4, 0.5) is 10.3 Å². The predicted octanol–water partition coefficient (Wildman–Crippen LogP) is 2.80. The second kappa shape index (κ2) is 3.72. The van der Waals surface area contributed by atoms with Gasteiger partial charge in [0.15, 0.2) is 5.82 Å². The molecule has 4 heteroatoms. The summed E-state index contributed by atoms with van der Waals surface area (Å²) in [6, 6.07) is 5.00. The van der Waals surface area contributed by atoms with E-state index in [-0.39, 0.29) is 5.82 Å². The van der Waals surface area contributed by atoms with E-state index < -0.39 is 0 Å². The van der Waals surface area contributed by atoms with Gasteiger partial charge in [-0.3, -0.25) is 0 Å². The van der Waals surface area contributed by atoms with Gasteiger partial charge in [0.25, 0.3) is 0 Å². The number of benzene rings is 1. The van der Waals surface area contributed by atoms with E-state index in [1.807, 2.05) is 10.6 Å². The lowest BCUT2D eigenvalue weighted by Crippen LogP contribution is -2.11. The average Bonchev–Trinajstić information content (AvgIpc) is 3.08. The van der Waals surface area contributed by atoms with E-state index in [9.17, 15) is 4.39 Å². The molecule has 0 radical (unpaired) electrons. The Kier molecular flexibility index (Phi) is 2.31. The topological polar surface area (TPSA) is 43.8 Å². The first-order valence-corrected chi connectivity index (χ1v) is 6.07. The molecule has 0 amide bonds. The maximum atomic E-state index is 13.6. The Balaban J connectivity index is 2.02. The smallest absolute Gasteiger partial charge is 0.201 e. The van der Waals surface area contributed by atoms with E-state index in [4.69, 9.17) is 5.73 Å². The predicted molar refractivity (Wildman–Crippen MR) is 66.0 cm³/mol. The van der Waals surface area contributed by atoms with Crippen molar-refractivity contribution in [2.45, 2.75) is 26.3 Å². The van der Waals surface area contributed by atoms with Crippen molar-refractivity contribution in [2.75, 3.05) is 5.73 Å². The van der Waals surface area contributed by atoms with Gasteiger partial charge in [0.2, 0.25) is 5.95 Å². The van der Waals surface area contributed by atoms with Crippen LogP contribution in [0.5, 0.6) is 0 Å². The molecule has 1 saturated carbocycles. The molecular formula is C13H16FN3. The standard InChI is InChI=1S/C13H16FN3/c1-8(9-5-6-9)7-17-11-4-2-3-10(14)12(11)16-13(17)15/h2-4,8-9H,5-7H2,1H3,(H2,15,16). The van der Waals surface area contributed by atoms with Crippen LogP contribution < -0.4 is 5.73 Å². The van der Waals surface area contributed by atoms with Gasteiger partial charge < -0.3 is 10.3 Å². The molecule has 0 bridgehead atoms. The number of nitrogens with two attached hydrogens (primary N) is 1. The Morgan fingerprint density at radius 3 is 3.00 bits per heavy atom. The van der Waals surface area contributed by atoms with E-state index in [2.05, 4.69) is 11.9 Å². The van der Waals surface area contributed by atoms with Crippen LogP contribution >= 0.6 is 0 Å². The molecule has 1 aromatic heterocycles. The molecule has 2 aromatic rings. The Labute approximate surface area is 99.4 Å². The van der Waals surface area contributed by atoms with Crippen molar-refractivity contribution in [1.82, 2.24) is 9.55 Å². The van der Waals surface area contributed by atoms with Gasteiger partial charge in [0.1, 0.15) is 5.52 Å². The molecule has 1 heterocycles. The van der Waals surface area contributed by atoms with Crippen molar-refractivity contribution >= 4 is 17.0 Å². The second-order valence-corrected chi connectivity index (χ2v) is 5.00. The van der Waals surface area contributed by atoms with Gasteiger partial charge in [-0.05, 0) is 36.8 Å². The van der Waals surface area contributed by atoms with Crippen molar-refractivity contribution in [1.29, 1.82) is 0 Å². The van der Waals surface area contributed by atoms with Gasteiger partial charge in [0.05, 0.1) is 5.52 Å². The molecule has 0 saturated heterocycles. The van der Waals surface area contributed by atoms with Crippen LogP contribution in [0.3, 0.4) is 0 Å². The number of aromatic nitrogens is 2. The molecule has 90 valence electrons. The summed E-state index contributed by atoms with van der Waals surface area (Å²) in [5, 5.41) is 0. The fraction of sp³-hybridized carbons (Fsp3) is 0.462. The van der Waals surface area contributed by atoms with Crippen molar-refractivity contribution in [3.8, 4) is 0 Å². The number of para-hydroxylation sites is 1. The van der Waals surface area contributed by atoms with Crippen molar-refractivity contribution in [3.05, 3.63) is 24.0 Å². The number of nitrogen functional groups attached to an aromatic ring is 1. The van der Waals surface area contributed by atoms with Crippen molar-refractivity contribution in [2.24, 2.45) is 11.8 Å². The van der Waals surface area contributed by atoms with E-state index in [1.165, 1.54) is 18.9 Å². The van der Waals surface area contributed by atoms with E-state index in [1.54, 1.807) is 6.07 Å². The molecular weight excluding hydrogens is 217 g/mol. The molecule has 0 aliphatic heterocycles. The average molecular weight is 233 g/mol. The largest absolute Gasteiger partial charge is 0.369 e. The minimum atomic E-state index is -0.299. The molecule has 3 rings (SSSR count). The van der Waals surface area contributed by atoms with Gasteiger partial charge in [-0.2, -0.15) is 0 Å². The highest BCUT2D eigenvalue weighted by molar-refractivity contribution is 5.78.